The smallest absolute Gasteiger partial charge is 0.328 e. The Morgan fingerprint density at radius 3 is 2.95 bits per heavy atom. The molecule has 0 aliphatic carbocycles. The number of benzene rings is 1. The minimum absolute atomic E-state index is 0.0164. The maximum absolute atomic E-state index is 11.2. The van der Waals surface area contributed by atoms with E-state index in [1.54, 1.807) is 12.1 Å². The van der Waals surface area contributed by atoms with E-state index in [0.717, 1.165) is 0 Å². The summed E-state index contributed by atoms with van der Waals surface area (Å²) >= 11 is 3.17. The summed E-state index contributed by atoms with van der Waals surface area (Å²) in [6.45, 7) is 0.666. The molecule has 2 rings (SSSR count). The first-order valence-electron chi connectivity index (χ1n) is 5.52. The highest BCUT2D eigenvalue weighted by atomic mass is 79.9. The highest BCUT2D eigenvalue weighted by molar-refractivity contribution is 9.10. The zero-order valence-electron chi connectivity index (χ0n) is 9.78. The van der Waals surface area contributed by atoms with E-state index in [1.165, 1.54) is 11.0 Å². The van der Waals surface area contributed by atoms with Crippen molar-refractivity contribution in [3.63, 3.8) is 0 Å². The molecule has 0 saturated carbocycles. The number of hydrogen-bond acceptors (Lipinski definition) is 5. The molecule has 1 aliphatic rings. The van der Waals surface area contributed by atoms with Crippen molar-refractivity contribution in [2.75, 3.05) is 24.7 Å². The molecule has 1 aromatic rings. The van der Waals surface area contributed by atoms with Gasteiger partial charge in [0.1, 0.15) is 5.69 Å². The SMILES string of the molecule is O=C(O)[C@@H]1COCCN1c1ccc(Br)cc1[N+](=O)[O-]. The van der Waals surface area contributed by atoms with E-state index in [-0.39, 0.29) is 12.3 Å². The number of carboxylic acid groups (broad SMARTS) is 1. The zero-order valence-corrected chi connectivity index (χ0v) is 11.4. The summed E-state index contributed by atoms with van der Waals surface area (Å²) in [5.41, 5.74) is 0.173. The Morgan fingerprint density at radius 1 is 1.58 bits per heavy atom. The Balaban J connectivity index is 2.44. The average Bonchev–Trinajstić information content (AvgIpc) is 2.38. The Kier molecular flexibility index (Phi) is 4.01. The topological polar surface area (TPSA) is 92.9 Å². The van der Waals surface area contributed by atoms with E-state index in [9.17, 15) is 14.9 Å². The maximum atomic E-state index is 11.2. The molecular weight excluding hydrogens is 320 g/mol. The number of halogens is 1. The second kappa shape index (κ2) is 5.54. The first-order valence-corrected chi connectivity index (χ1v) is 6.31. The average molecular weight is 331 g/mol. The lowest BCUT2D eigenvalue weighted by molar-refractivity contribution is -0.384. The summed E-state index contributed by atoms with van der Waals surface area (Å²) in [4.78, 5) is 23.2. The van der Waals surface area contributed by atoms with Crippen molar-refractivity contribution >= 4 is 33.3 Å². The number of aliphatic carboxylic acids is 1. The van der Waals surface area contributed by atoms with Crippen LogP contribution < -0.4 is 4.90 Å². The van der Waals surface area contributed by atoms with Crippen molar-refractivity contribution in [3.05, 3.63) is 32.8 Å². The molecule has 1 aromatic carbocycles. The van der Waals surface area contributed by atoms with Crippen molar-refractivity contribution in [1.29, 1.82) is 0 Å². The monoisotopic (exact) mass is 330 g/mol. The predicted octanol–water partition coefficient (Wildman–Crippen LogP) is 1.65. The number of nitro groups is 1. The van der Waals surface area contributed by atoms with Crippen LogP contribution >= 0.6 is 15.9 Å². The minimum atomic E-state index is -1.06. The maximum Gasteiger partial charge on any atom is 0.328 e. The van der Waals surface area contributed by atoms with Crippen LogP contribution in [0.3, 0.4) is 0 Å². The fourth-order valence-corrected chi connectivity index (χ4v) is 2.33. The van der Waals surface area contributed by atoms with Gasteiger partial charge in [0.15, 0.2) is 6.04 Å². The van der Waals surface area contributed by atoms with Crippen molar-refractivity contribution in [1.82, 2.24) is 0 Å². The summed E-state index contributed by atoms with van der Waals surface area (Å²) < 4.78 is 5.69. The molecule has 1 N–H and O–H groups in total. The number of carbonyl (C=O) groups is 1. The molecular formula is C11H11BrN2O5. The van der Waals surface area contributed by atoms with E-state index in [0.29, 0.717) is 23.3 Å². The largest absolute Gasteiger partial charge is 0.480 e. The highest BCUT2D eigenvalue weighted by Crippen LogP contribution is 2.33. The number of hydrogen-bond donors (Lipinski definition) is 1. The van der Waals surface area contributed by atoms with Crippen LogP contribution in [-0.4, -0.2) is 41.8 Å². The van der Waals surface area contributed by atoms with Crippen LogP contribution in [0.25, 0.3) is 0 Å². The number of nitrogens with zero attached hydrogens (tertiary/aromatic N) is 2. The fourth-order valence-electron chi connectivity index (χ4n) is 1.98. The van der Waals surface area contributed by atoms with Gasteiger partial charge in [-0.05, 0) is 12.1 Å². The molecule has 1 atom stereocenters. The van der Waals surface area contributed by atoms with Gasteiger partial charge in [-0.25, -0.2) is 4.79 Å². The Bertz CT molecular complexity index is 522. The van der Waals surface area contributed by atoms with Crippen LogP contribution in [0.5, 0.6) is 0 Å². The lowest BCUT2D eigenvalue weighted by Crippen LogP contribution is -2.50. The number of morpholine rings is 1. The van der Waals surface area contributed by atoms with Crippen molar-refractivity contribution < 1.29 is 19.6 Å². The lowest BCUT2D eigenvalue weighted by atomic mass is 10.1. The van der Waals surface area contributed by atoms with Crippen LogP contribution in [0.15, 0.2) is 22.7 Å². The predicted molar refractivity (Wildman–Crippen MR) is 70.4 cm³/mol. The van der Waals surface area contributed by atoms with E-state index in [2.05, 4.69) is 15.9 Å². The van der Waals surface area contributed by atoms with Gasteiger partial charge < -0.3 is 14.7 Å². The molecule has 1 heterocycles. The first-order chi connectivity index (χ1) is 9.00. The molecule has 0 bridgehead atoms. The molecule has 0 unspecified atom stereocenters. The number of rotatable bonds is 3. The summed E-state index contributed by atoms with van der Waals surface area (Å²) in [6.07, 6.45) is 0. The van der Waals surface area contributed by atoms with Gasteiger partial charge in [0.05, 0.1) is 18.1 Å². The van der Waals surface area contributed by atoms with Crippen LogP contribution in [0.1, 0.15) is 0 Å². The van der Waals surface area contributed by atoms with Crippen molar-refractivity contribution in [3.8, 4) is 0 Å². The quantitative estimate of drug-likeness (QED) is 0.669. The lowest BCUT2D eigenvalue weighted by Gasteiger charge is -2.34. The highest BCUT2D eigenvalue weighted by Gasteiger charge is 2.33. The third kappa shape index (κ3) is 2.85. The molecule has 0 spiro atoms. The van der Waals surface area contributed by atoms with Gasteiger partial charge in [0.2, 0.25) is 0 Å². The summed E-state index contributed by atoms with van der Waals surface area (Å²) in [7, 11) is 0. The van der Waals surface area contributed by atoms with Crippen LogP contribution in [-0.2, 0) is 9.53 Å². The standard InChI is InChI=1S/C11H11BrN2O5/c12-7-1-2-8(9(5-7)14(17)18)13-3-4-19-6-10(13)11(15)16/h1-2,5,10H,3-4,6H2,(H,15,16)/t10-/m0/s1. The van der Waals surface area contributed by atoms with Gasteiger partial charge in [-0.15, -0.1) is 0 Å². The second-order valence-electron chi connectivity index (χ2n) is 4.01. The third-order valence-corrected chi connectivity index (χ3v) is 3.35. The Labute approximate surface area is 117 Å². The van der Waals surface area contributed by atoms with E-state index >= 15 is 0 Å². The van der Waals surface area contributed by atoms with Gasteiger partial charge in [-0.3, -0.25) is 10.1 Å². The molecule has 102 valence electrons. The molecule has 1 fully saturated rings. The molecule has 0 aromatic heterocycles. The number of nitro benzene ring substituents is 1. The van der Waals surface area contributed by atoms with Gasteiger partial charge in [0, 0.05) is 17.1 Å². The molecule has 1 saturated heterocycles. The van der Waals surface area contributed by atoms with Crippen LogP contribution in [0.2, 0.25) is 0 Å². The number of ether oxygens (including phenoxy) is 1. The third-order valence-electron chi connectivity index (χ3n) is 2.86. The second-order valence-corrected chi connectivity index (χ2v) is 4.93. The molecule has 0 amide bonds. The van der Waals surface area contributed by atoms with Gasteiger partial charge in [-0.2, -0.15) is 0 Å². The van der Waals surface area contributed by atoms with Crippen LogP contribution in [0, 0.1) is 10.1 Å². The molecule has 0 radical (unpaired) electrons. The number of anilines is 1. The van der Waals surface area contributed by atoms with Crippen molar-refractivity contribution in [2.45, 2.75) is 6.04 Å². The normalized spacial score (nSPS) is 19.2. The van der Waals surface area contributed by atoms with Gasteiger partial charge in [0.25, 0.3) is 5.69 Å². The van der Waals surface area contributed by atoms with E-state index in [1.807, 2.05) is 0 Å². The Morgan fingerprint density at radius 2 is 2.32 bits per heavy atom. The molecule has 8 heteroatoms. The van der Waals surface area contributed by atoms with E-state index in [4.69, 9.17) is 9.84 Å². The summed E-state index contributed by atoms with van der Waals surface area (Å²) in [6, 6.07) is 3.65. The summed E-state index contributed by atoms with van der Waals surface area (Å²) in [5.74, 6) is -1.06. The molecule has 19 heavy (non-hydrogen) atoms. The van der Waals surface area contributed by atoms with Gasteiger partial charge in [-0.1, -0.05) is 15.9 Å². The number of carboxylic acids is 1. The van der Waals surface area contributed by atoms with E-state index < -0.39 is 16.9 Å². The minimum Gasteiger partial charge on any atom is -0.480 e. The zero-order chi connectivity index (χ0) is 14.0. The van der Waals surface area contributed by atoms with Gasteiger partial charge >= 0.3 is 5.97 Å². The van der Waals surface area contributed by atoms with Crippen LogP contribution in [0.4, 0.5) is 11.4 Å². The fraction of sp³-hybridized carbons (Fsp3) is 0.364. The van der Waals surface area contributed by atoms with Crippen molar-refractivity contribution in [2.24, 2.45) is 0 Å². The molecule has 7 nitrogen and oxygen atoms in total. The first kappa shape index (κ1) is 13.8. The summed E-state index contributed by atoms with van der Waals surface area (Å²) in [5, 5.41) is 20.2. The Hall–Kier alpha value is -1.67. The molecule has 1 aliphatic heterocycles.